The average Bonchev–Trinajstić information content (AvgIpc) is 2.39. The molecule has 6 nitrogen and oxygen atoms in total. The third-order valence-corrected chi connectivity index (χ3v) is 2.36. The fraction of sp³-hybridized carbons (Fsp3) is 0.333. The summed E-state index contributed by atoms with van der Waals surface area (Å²) in [5.74, 6) is -0.218. The molecule has 0 aliphatic heterocycles. The molecule has 1 rings (SSSR count). The lowest BCUT2D eigenvalue weighted by Gasteiger charge is -2.11. The van der Waals surface area contributed by atoms with Gasteiger partial charge >= 0.3 is 6.03 Å². The van der Waals surface area contributed by atoms with Crippen LogP contribution in [0, 0.1) is 0 Å². The molecule has 0 radical (unpaired) electrons. The minimum Gasteiger partial charge on any atom is -0.372 e. The Morgan fingerprint density at radius 2 is 1.61 bits per heavy atom. The summed E-state index contributed by atoms with van der Waals surface area (Å²) >= 11 is 0. The number of ether oxygens (including phenoxy) is 1. The van der Waals surface area contributed by atoms with Crippen molar-refractivity contribution in [3.8, 4) is 0 Å². The summed E-state index contributed by atoms with van der Waals surface area (Å²) in [5, 5.41) is 7.76. The molecule has 6 heteroatoms. The molecule has 1 unspecified atom stereocenters. The molecule has 0 aliphatic rings. The van der Waals surface area contributed by atoms with Crippen molar-refractivity contribution in [2.75, 3.05) is 24.8 Å². The predicted molar refractivity (Wildman–Crippen MR) is 69.6 cm³/mol. The van der Waals surface area contributed by atoms with E-state index < -0.39 is 6.10 Å². The number of benzene rings is 1. The lowest BCUT2D eigenvalue weighted by molar-refractivity contribution is -0.124. The van der Waals surface area contributed by atoms with E-state index in [1.807, 2.05) is 0 Å². The monoisotopic (exact) mass is 251 g/mol. The molecule has 0 saturated heterocycles. The van der Waals surface area contributed by atoms with Gasteiger partial charge in [-0.15, -0.1) is 0 Å². The summed E-state index contributed by atoms with van der Waals surface area (Å²) in [7, 11) is 3.01. The maximum absolute atomic E-state index is 11.5. The fourth-order valence-corrected chi connectivity index (χ4v) is 1.18. The highest BCUT2D eigenvalue weighted by molar-refractivity contribution is 5.94. The molecule has 3 amide bonds. The fourth-order valence-electron chi connectivity index (χ4n) is 1.18. The van der Waals surface area contributed by atoms with Crippen molar-refractivity contribution in [2.45, 2.75) is 13.0 Å². The molecule has 18 heavy (non-hydrogen) atoms. The zero-order valence-electron chi connectivity index (χ0n) is 10.6. The Balaban J connectivity index is 2.60. The molecular weight excluding hydrogens is 234 g/mol. The van der Waals surface area contributed by atoms with Crippen molar-refractivity contribution in [2.24, 2.45) is 0 Å². The van der Waals surface area contributed by atoms with E-state index in [1.165, 1.54) is 14.2 Å². The number of anilines is 2. The van der Waals surface area contributed by atoms with Crippen LogP contribution in [0.15, 0.2) is 24.3 Å². The predicted octanol–water partition coefficient (Wildman–Crippen LogP) is 1.41. The summed E-state index contributed by atoms with van der Waals surface area (Å²) in [6, 6.07) is 6.50. The van der Waals surface area contributed by atoms with Crippen molar-refractivity contribution in [3.05, 3.63) is 24.3 Å². The van der Waals surface area contributed by atoms with Gasteiger partial charge in [0.25, 0.3) is 5.91 Å². The summed E-state index contributed by atoms with van der Waals surface area (Å²) in [5.41, 5.74) is 1.29. The first-order chi connectivity index (χ1) is 8.56. The molecule has 0 saturated carbocycles. The average molecular weight is 251 g/mol. The van der Waals surface area contributed by atoms with E-state index in [0.29, 0.717) is 11.4 Å². The van der Waals surface area contributed by atoms with E-state index in [2.05, 4.69) is 16.0 Å². The van der Waals surface area contributed by atoms with Gasteiger partial charge in [0.2, 0.25) is 0 Å². The van der Waals surface area contributed by atoms with E-state index in [1.54, 1.807) is 31.2 Å². The highest BCUT2D eigenvalue weighted by Crippen LogP contribution is 2.13. The summed E-state index contributed by atoms with van der Waals surface area (Å²) < 4.78 is 4.90. The zero-order chi connectivity index (χ0) is 13.5. The Bertz CT molecular complexity index is 417. The number of rotatable bonds is 4. The summed E-state index contributed by atoms with van der Waals surface area (Å²) in [6.45, 7) is 1.66. The molecule has 0 fully saturated rings. The van der Waals surface area contributed by atoms with E-state index in [9.17, 15) is 9.59 Å². The van der Waals surface area contributed by atoms with Crippen molar-refractivity contribution in [3.63, 3.8) is 0 Å². The van der Waals surface area contributed by atoms with Crippen LogP contribution < -0.4 is 16.0 Å². The second-order valence-electron chi connectivity index (χ2n) is 3.65. The Labute approximate surface area is 106 Å². The van der Waals surface area contributed by atoms with Crippen LogP contribution in [0.4, 0.5) is 16.2 Å². The first-order valence-electron chi connectivity index (χ1n) is 5.49. The first kappa shape index (κ1) is 14.0. The van der Waals surface area contributed by atoms with Crippen LogP contribution in [-0.4, -0.2) is 32.2 Å². The van der Waals surface area contributed by atoms with Crippen molar-refractivity contribution < 1.29 is 14.3 Å². The van der Waals surface area contributed by atoms with Crippen LogP contribution in [-0.2, 0) is 9.53 Å². The number of urea groups is 1. The number of carbonyl (C=O) groups is 2. The molecule has 1 aromatic carbocycles. The van der Waals surface area contributed by atoms with Gasteiger partial charge < -0.3 is 20.7 Å². The molecule has 3 N–H and O–H groups in total. The quantitative estimate of drug-likeness (QED) is 0.757. The number of hydrogen-bond donors (Lipinski definition) is 3. The van der Waals surface area contributed by atoms with Gasteiger partial charge in [0.15, 0.2) is 0 Å². The van der Waals surface area contributed by atoms with Gasteiger partial charge in [0.05, 0.1) is 0 Å². The van der Waals surface area contributed by atoms with Crippen LogP contribution in [0.5, 0.6) is 0 Å². The van der Waals surface area contributed by atoms with Crippen LogP contribution in [0.25, 0.3) is 0 Å². The number of carbonyl (C=O) groups excluding carboxylic acids is 2. The zero-order valence-corrected chi connectivity index (χ0v) is 10.6. The normalized spacial score (nSPS) is 11.5. The Kier molecular flexibility index (Phi) is 5.13. The van der Waals surface area contributed by atoms with Gasteiger partial charge in [-0.05, 0) is 31.2 Å². The van der Waals surface area contributed by atoms with Gasteiger partial charge in [-0.2, -0.15) is 0 Å². The molecule has 0 spiro atoms. The molecule has 0 aliphatic carbocycles. The van der Waals surface area contributed by atoms with E-state index in [4.69, 9.17) is 4.74 Å². The maximum atomic E-state index is 11.5. The number of amides is 3. The SMILES string of the molecule is CNC(=O)Nc1ccc(NC(=O)C(C)OC)cc1. The molecule has 1 atom stereocenters. The Morgan fingerprint density at radius 1 is 1.11 bits per heavy atom. The van der Waals surface area contributed by atoms with Crippen LogP contribution >= 0.6 is 0 Å². The van der Waals surface area contributed by atoms with Crippen LogP contribution in [0.2, 0.25) is 0 Å². The van der Waals surface area contributed by atoms with Crippen molar-refractivity contribution in [1.29, 1.82) is 0 Å². The Morgan fingerprint density at radius 3 is 2.06 bits per heavy atom. The van der Waals surface area contributed by atoms with Gasteiger partial charge in [0.1, 0.15) is 6.10 Å². The molecule has 98 valence electrons. The third kappa shape index (κ3) is 4.06. The van der Waals surface area contributed by atoms with Crippen molar-refractivity contribution in [1.82, 2.24) is 5.32 Å². The van der Waals surface area contributed by atoms with E-state index >= 15 is 0 Å². The second kappa shape index (κ2) is 6.61. The summed E-state index contributed by atoms with van der Waals surface area (Å²) in [6.07, 6.45) is -0.506. The third-order valence-electron chi connectivity index (χ3n) is 2.36. The Hall–Kier alpha value is -2.08. The summed E-state index contributed by atoms with van der Waals surface area (Å²) in [4.78, 5) is 22.6. The highest BCUT2D eigenvalue weighted by atomic mass is 16.5. The molecule has 0 aromatic heterocycles. The van der Waals surface area contributed by atoms with E-state index in [0.717, 1.165) is 0 Å². The number of nitrogens with one attached hydrogen (secondary N) is 3. The molecule has 1 aromatic rings. The molecule has 0 bridgehead atoms. The minimum atomic E-state index is -0.506. The van der Waals surface area contributed by atoms with Gasteiger partial charge in [-0.3, -0.25) is 4.79 Å². The lowest BCUT2D eigenvalue weighted by atomic mass is 10.2. The minimum absolute atomic E-state index is 0.218. The smallest absolute Gasteiger partial charge is 0.318 e. The first-order valence-corrected chi connectivity index (χ1v) is 5.49. The highest BCUT2D eigenvalue weighted by Gasteiger charge is 2.11. The van der Waals surface area contributed by atoms with Gasteiger partial charge in [-0.1, -0.05) is 0 Å². The lowest BCUT2D eigenvalue weighted by Crippen LogP contribution is -2.26. The van der Waals surface area contributed by atoms with Gasteiger partial charge in [-0.25, -0.2) is 4.79 Å². The number of hydrogen-bond acceptors (Lipinski definition) is 3. The van der Waals surface area contributed by atoms with E-state index in [-0.39, 0.29) is 11.9 Å². The maximum Gasteiger partial charge on any atom is 0.318 e. The van der Waals surface area contributed by atoms with Gasteiger partial charge in [0, 0.05) is 25.5 Å². The number of methoxy groups -OCH3 is 1. The molecule has 0 heterocycles. The topological polar surface area (TPSA) is 79.5 Å². The van der Waals surface area contributed by atoms with Crippen LogP contribution in [0.3, 0.4) is 0 Å². The van der Waals surface area contributed by atoms with Crippen molar-refractivity contribution >= 4 is 23.3 Å². The second-order valence-corrected chi connectivity index (χ2v) is 3.65. The standard InChI is InChI=1S/C12H17N3O3/c1-8(18-3)11(16)14-9-4-6-10(7-5-9)15-12(17)13-2/h4-8H,1-3H3,(H,14,16)(H2,13,15,17). The largest absolute Gasteiger partial charge is 0.372 e. The van der Waals surface area contributed by atoms with Crippen LogP contribution in [0.1, 0.15) is 6.92 Å². The molecular formula is C12H17N3O3.